The van der Waals surface area contributed by atoms with E-state index in [0.717, 1.165) is 25.4 Å². The van der Waals surface area contributed by atoms with Crippen molar-refractivity contribution in [2.24, 2.45) is 5.92 Å². The van der Waals surface area contributed by atoms with Crippen molar-refractivity contribution in [3.05, 3.63) is 29.3 Å². The summed E-state index contributed by atoms with van der Waals surface area (Å²) in [7, 11) is 1.77. The minimum Gasteiger partial charge on any atom is -0.496 e. The molecule has 0 saturated carbocycles. The van der Waals surface area contributed by atoms with Crippen LogP contribution in [0.3, 0.4) is 0 Å². The average molecular weight is 290 g/mol. The van der Waals surface area contributed by atoms with Crippen molar-refractivity contribution in [3.8, 4) is 5.75 Å². The Labute approximate surface area is 129 Å². The summed E-state index contributed by atoms with van der Waals surface area (Å²) in [5.41, 5.74) is 2.61. The molecule has 0 aliphatic carbocycles. The lowest BCUT2D eigenvalue weighted by Crippen LogP contribution is -2.29. The fourth-order valence-corrected chi connectivity index (χ4v) is 2.90. The highest BCUT2D eigenvalue weighted by molar-refractivity contribution is 5.37. The zero-order valence-corrected chi connectivity index (χ0v) is 13.8. The molecule has 1 aromatic rings. The molecule has 1 heterocycles. The lowest BCUT2D eigenvalue weighted by atomic mass is 10.1. The Morgan fingerprint density at radius 3 is 2.62 bits per heavy atom. The molecule has 2 rings (SSSR count). The van der Waals surface area contributed by atoms with Crippen molar-refractivity contribution in [1.29, 1.82) is 0 Å². The van der Waals surface area contributed by atoms with Crippen LogP contribution < -0.4 is 10.1 Å². The molecule has 3 nitrogen and oxygen atoms in total. The first-order chi connectivity index (χ1) is 10.2. The van der Waals surface area contributed by atoms with E-state index in [1.807, 2.05) is 0 Å². The van der Waals surface area contributed by atoms with Gasteiger partial charge in [-0.1, -0.05) is 32.4 Å². The lowest BCUT2D eigenvalue weighted by Gasteiger charge is -2.26. The molecule has 0 spiro atoms. The zero-order chi connectivity index (χ0) is 15.1. The molecule has 1 saturated heterocycles. The molecule has 0 unspecified atom stereocenters. The van der Waals surface area contributed by atoms with Crippen molar-refractivity contribution in [2.45, 2.75) is 46.2 Å². The highest BCUT2D eigenvalue weighted by atomic mass is 16.5. The Morgan fingerprint density at radius 2 is 1.95 bits per heavy atom. The first kappa shape index (κ1) is 16.3. The number of benzene rings is 1. The molecule has 0 aromatic heterocycles. The highest BCUT2D eigenvalue weighted by Crippen LogP contribution is 2.22. The number of nitrogens with zero attached hydrogens (tertiary/aromatic N) is 1. The van der Waals surface area contributed by atoms with E-state index in [-0.39, 0.29) is 0 Å². The standard InChI is InChI=1S/C18H30N2O/c1-15(2)12-19-13-17-8-7-16(11-18(17)21-3)14-20-9-5-4-6-10-20/h7-8,11,15,19H,4-6,9-10,12-14H2,1-3H3. The summed E-state index contributed by atoms with van der Waals surface area (Å²) in [6, 6.07) is 6.68. The van der Waals surface area contributed by atoms with E-state index in [1.165, 1.54) is 43.5 Å². The lowest BCUT2D eigenvalue weighted by molar-refractivity contribution is 0.220. The molecule has 1 aliphatic rings. The second-order valence-electron chi connectivity index (χ2n) is 6.51. The SMILES string of the molecule is COc1cc(CN2CCCCC2)ccc1CNCC(C)C. The number of hydrogen-bond donors (Lipinski definition) is 1. The summed E-state index contributed by atoms with van der Waals surface area (Å²) >= 11 is 0. The number of methoxy groups -OCH3 is 1. The van der Waals surface area contributed by atoms with Gasteiger partial charge in [-0.15, -0.1) is 0 Å². The third-order valence-corrected chi connectivity index (χ3v) is 4.07. The van der Waals surface area contributed by atoms with Gasteiger partial charge in [-0.25, -0.2) is 0 Å². The monoisotopic (exact) mass is 290 g/mol. The van der Waals surface area contributed by atoms with E-state index < -0.39 is 0 Å². The van der Waals surface area contributed by atoms with Crippen LogP contribution in [-0.2, 0) is 13.1 Å². The molecule has 0 bridgehead atoms. The number of piperidine rings is 1. The van der Waals surface area contributed by atoms with Crippen LogP contribution in [0.5, 0.6) is 5.75 Å². The van der Waals surface area contributed by atoms with Gasteiger partial charge in [0.05, 0.1) is 7.11 Å². The Morgan fingerprint density at radius 1 is 1.19 bits per heavy atom. The summed E-state index contributed by atoms with van der Waals surface area (Å²) in [6.45, 7) is 9.90. The summed E-state index contributed by atoms with van der Waals surface area (Å²) in [6.07, 6.45) is 4.07. The number of hydrogen-bond acceptors (Lipinski definition) is 3. The van der Waals surface area contributed by atoms with Gasteiger partial charge in [0, 0.05) is 18.7 Å². The Hall–Kier alpha value is -1.06. The summed E-state index contributed by atoms with van der Waals surface area (Å²) in [5, 5.41) is 3.49. The summed E-state index contributed by atoms with van der Waals surface area (Å²) in [5.74, 6) is 1.69. The van der Waals surface area contributed by atoms with Gasteiger partial charge in [0.1, 0.15) is 5.75 Å². The largest absolute Gasteiger partial charge is 0.496 e. The van der Waals surface area contributed by atoms with Crippen LogP contribution in [0.2, 0.25) is 0 Å². The van der Waals surface area contributed by atoms with Crippen molar-refractivity contribution < 1.29 is 4.74 Å². The zero-order valence-electron chi connectivity index (χ0n) is 13.8. The van der Waals surface area contributed by atoms with Crippen LogP contribution in [0.1, 0.15) is 44.2 Å². The smallest absolute Gasteiger partial charge is 0.123 e. The fraction of sp³-hybridized carbons (Fsp3) is 0.667. The maximum atomic E-state index is 5.57. The van der Waals surface area contributed by atoms with Crippen LogP contribution in [0, 0.1) is 5.92 Å². The van der Waals surface area contributed by atoms with E-state index in [9.17, 15) is 0 Å². The topological polar surface area (TPSA) is 24.5 Å². The predicted octanol–water partition coefficient (Wildman–Crippen LogP) is 3.43. The van der Waals surface area contributed by atoms with Crippen LogP contribution in [0.15, 0.2) is 18.2 Å². The molecular weight excluding hydrogens is 260 g/mol. The predicted molar refractivity (Wildman–Crippen MR) is 88.7 cm³/mol. The number of rotatable bonds is 7. The molecule has 21 heavy (non-hydrogen) atoms. The van der Waals surface area contributed by atoms with Crippen molar-refractivity contribution in [3.63, 3.8) is 0 Å². The maximum absolute atomic E-state index is 5.57. The van der Waals surface area contributed by atoms with Gasteiger partial charge in [0.2, 0.25) is 0 Å². The molecular formula is C18H30N2O. The molecule has 1 aliphatic heterocycles. The van der Waals surface area contributed by atoms with E-state index in [2.05, 4.69) is 42.3 Å². The van der Waals surface area contributed by atoms with Gasteiger partial charge >= 0.3 is 0 Å². The highest BCUT2D eigenvalue weighted by Gasteiger charge is 2.12. The van der Waals surface area contributed by atoms with Crippen LogP contribution >= 0.6 is 0 Å². The van der Waals surface area contributed by atoms with Gasteiger partial charge in [-0.2, -0.15) is 0 Å². The number of likely N-dealkylation sites (tertiary alicyclic amines) is 1. The van der Waals surface area contributed by atoms with E-state index in [1.54, 1.807) is 7.11 Å². The fourth-order valence-electron chi connectivity index (χ4n) is 2.90. The average Bonchev–Trinajstić information content (AvgIpc) is 2.49. The Bertz CT molecular complexity index is 425. The van der Waals surface area contributed by atoms with Crippen molar-refractivity contribution in [2.75, 3.05) is 26.7 Å². The number of ether oxygens (including phenoxy) is 1. The number of nitrogens with one attached hydrogen (secondary N) is 1. The third kappa shape index (κ3) is 5.33. The molecule has 118 valence electrons. The van der Waals surface area contributed by atoms with E-state index >= 15 is 0 Å². The van der Waals surface area contributed by atoms with Gasteiger partial charge < -0.3 is 10.1 Å². The van der Waals surface area contributed by atoms with Gasteiger partial charge in [-0.05, 0) is 50.0 Å². The first-order valence-electron chi connectivity index (χ1n) is 8.28. The minimum atomic E-state index is 0.675. The first-order valence-corrected chi connectivity index (χ1v) is 8.28. The normalized spacial score (nSPS) is 16.4. The van der Waals surface area contributed by atoms with E-state index in [0.29, 0.717) is 5.92 Å². The molecule has 0 radical (unpaired) electrons. The van der Waals surface area contributed by atoms with Gasteiger partial charge in [0.25, 0.3) is 0 Å². The van der Waals surface area contributed by atoms with Crippen LogP contribution in [0.25, 0.3) is 0 Å². The van der Waals surface area contributed by atoms with Crippen molar-refractivity contribution in [1.82, 2.24) is 10.2 Å². The third-order valence-electron chi connectivity index (χ3n) is 4.07. The molecule has 1 N–H and O–H groups in total. The van der Waals surface area contributed by atoms with Gasteiger partial charge in [-0.3, -0.25) is 4.90 Å². The molecule has 0 atom stereocenters. The second kappa shape index (κ2) is 8.40. The Kier molecular flexibility index (Phi) is 6.52. The van der Waals surface area contributed by atoms with Gasteiger partial charge in [0.15, 0.2) is 0 Å². The van der Waals surface area contributed by atoms with E-state index in [4.69, 9.17) is 4.74 Å². The second-order valence-corrected chi connectivity index (χ2v) is 6.51. The Balaban J connectivity index is 1.94. The molecule has 1 fully saturated rings. The summed E-state index contributed by atoms with van der Waals surface area (Å²) in [4.78, 5) is 2.55. The quantitative estimate of drug-likeness (QED) is 0.832. The van der Waals surface area contributed by atoms with Crippen LogP contribution in [-0.4, -0.2) is 31.6 Å². The van der Waals surface area contributed by atoms with Crippen molar-refractivity contribution >= 4 is 0 Å². The maximum Gasteiger partial charge on any atom is 0.123 e. The molecule has 1 aromatic carbocycles. The minimum absolute atomic E-state index is 0.675. The summed E-state index contributed by atoms with van der Waals surface area (Å²) < 4.78 is 5.57. The molecule has 3 heteroatoms. The molecule has 0 amide bonds. The van der Waals surface area contributed by atoms with Crippen LogP contribution in [0.4, 0.5) is 0 Å².